The van der Waals surface area contributed by atoms with Crippen LogP contribution in [0.2, 0.25) is 0 Å². The fourth-order valence-electron chi connectivity index (χ4n) is 4.98. The van der Waals surface area contributed by atoms with Gasteiger partial charge in [-0.15, -0.1) is 23.1 Å². The first kappa shape index (κ1) is 26.0. The van der Waals surface area contributed by atoms with Crippen LogP contribution in [0.1, 0.15) is 46.7 Å². The van der Waals surface area contributed by atoms with E-state index in [1.807, 2.05) is 17.5 Å². The molecule has 12 heteroatoms. The number of carbonyl (C=O) groups excluding carboxylic acids is 3. The summed E-state index contributed by atoms with van der Waals surface area (Å²) in [6.07, 6.45) is 7.13. The van der Waals surface area contributed by atoms with Gasteiger partial charge in [0.15, 0.2) is 11.0 Å². The van der Waals surface area contributed by atoms with Gasteiger partial charge >= 0.3 is 0 Å². The standard InChI is InChI=1S/C27H30N6O4S2/c1-32-11-10-28-22(32)25(36)33-21(15-38-26(33)18-8-12-37-13-9-18)24(35)31-27-30-20(14-39-27)16-2-4-17(5-3-16)23(34)29-19-6-7-19/h2-5,10-11,14,18-19,21,26H,6-9,12-13,15H2,1H3,(H,29,34)(H,30,31,35). The van der Waals surface area contributed by atoms with Gasteiger partial charge in [0, 0.05) is 61.0 Å². The second kappa shape index (κ2) is 11.1. The van der Waals surface area contributed by atoms with Crippen LogP contribution in [-0.2, 0) is 16.6 Å². The lowest BCUT2D eigenvalue weighted by atomic mass is 9.98. The highest BCUT2D eigenvalue weighted by atomic mass is 32.2. The molecule has 1 aromatic carbocycles. The summed E-state index contributed by atoms with van der Waals surface area (Å²) in [4.78, 5) is 50.0. The van der Waals surface area contributed by atoms with Crippen molar-refractivity contribution in [1.29, 1.82) is 0 Å². The zero-order valence-electron chi connectivity index (χ0n) is 21.5. The first-order valence-electron chi connectivity index (χ1n) is 13.1. The van der Waals surface area contributed by atoms with E-state index in [0.717, 1.165) is 31.2 Å². The molecule has 1 saturated carbocycles. The summed E-state index contributed by atoms with van der Waals surface area (Å²) in [6, 6.07) is 6.98. The third-order valence-corrected chi connectivity index (χ3v) is 9.56. The molecule has 2 aromatic heterocycles. The highest BCUT2D eigenvalue weighted by Gasteiger charge is 2.46. The molecule has 2 saturated heterocycles. The first-order chi connectivity index (χ1) is 19.0. The molecule has 39 heavy (non-hydrogen) atoms. The smallest absolute Gasteiger partial charge is 0.291 e. The van der Waals surface area contributed by atoms with Gasteiger partial charge < -0.3 is 24.8 Å². The number of imidazole rings is 1. The first-order valence-corrected chi connectivity index (χ1v) is 15.1. The zero-order valence-corrected chi connectivity index (χ0v) is 23.2. The van der Waals surface area contributed by atoms with E-state index in [4.69, 9.17) is 4.74 Å². The van der Waals surface area contributed by atoms with E-state index in [9.17, 15) is 14.4 Å². The molecule has 3 aromatic rings. The van der Waals surface area contributed by atoms with Gasteiger partial charge in [-0.1, -0.05) is 12.1 Å². The van der Waals surface area contributed by atoms with Crippen LogP contribution >= 0.6 is 23.1 Å². The number of rotatable bonds is 7. The van der Waals surface area contributed by atoms with Gasteiger partial charge in [0.2, 0.25) is 5.91 Å². The van der Waals surface area contributed by atoms with Gasteiger partial charge in [-0.2, -0.15) is 0 Å². The van der Waals surface area contributed by atoms with E-state index in [1.54, 1.807) is 52.8 Å². The number of amides is 3. The number of ether oxygens (including phenoxy) is 1. The molecule has 1 aliphatic carbocycles. The molecule has 2 unspecified atom stereocenters. The number of nitrogens with one attached hydrogen (secondary N) is 2. The van der Waals surface area contributed by atoms with Crippen LogP contribution in [0.4, 0.5) is 5.13 Å². The molecule has 204 valence electrons. The average molecular weight is 567 g/mol. The molecule has 0 bridgehead atoms. The topological polar surface area (TPSA) is 118 Å². The number of anilines is 1. The Morgan fingerprint density at radius 2 is 1.85 bits per heavy atom. The molecular formula is C27H30N6O4S2. The van der Waals surface area contributed by atoms with E-state index in [-0.39, 0.29) is 29.0 Å². The summed E-state index contributed by atoms with van der Waals surface area (Å²) in [6.45, 7) is 1.33. The number of carbonyl (C=O) groups is 3. The van der Waals surface area contributed by atoms with Crippen molar-refractivity contribution in [3.8, 4) is 11.3 Å². The monoisotopic (exact) mass is 566 g/mol. The molecule has 3 fully saturated rings. The van der Waals surface area contributed by atoms with Gasteiger partial charge in [0.1, 0.15) is 6.04 Å². The van der Waals surface area contributed by atoms with Crippen LogP contribution in [0.15, 0.2) is 42.0 Å². The highest BCUT2D eigenvalue weighted by molar-refractivity contribution is 8.00. The minimum atomic E-state index is -0.636. The Bertz CT molecular complexity index is 1360. The van der Waals surface area contributed by atoms with Crippen LogP contribution in [0, 0.1) is 5.92 Å². The van der Waals surface area contributed by atoms with E-state index in [1.165, 1.54) is 11.3 Å². The Kier molecular flexibility index (Phi) is 7.41. The van der Waals surface area contributed by atoms with Gasteiger partial charge in [-0.3, -0.25) is 14.4 Å². The van der Waals surface area contributed by atoms with Crippen LogP contribution in [0.25, 0.3) is 11.3 Å². The largest absolute Gasteiger partial charge is 0.381 e. The molecule has 3 amide bonds. The van der Waals surface area contributed by atoms with Gasteiger partial charge in [0.05, 0.1) is 11.1 Å². The third kappa shape index (κ3) is 5.59. The summed E-state index contributed by atoms with van der Waals surface area (Å²) < 4.78 is 7.23. The molecule has 2 N–H and O–H groups in total. The van der Waals surface area contributed by atoms with Gasteiger partial charge in [-0.25, -0.2) is 9.97 Å². The Hall–Kier alpha value is -3.22. The fourth-order valence-corrected chi connectivity index (χ4v) is 7.34. The molecule has 0 radical (unpaired) electrons. The number of thioether (sulfide) groups is 1. The lowest BCUT2D eigenvalue weighted by molar-refractivity contribution is -0.120. The van der Waals surface area contributed by atoms with Crippen LogP contribution in [-0.4, -0.2) is 73.6 Å². The van der Waals surface area contributed by atoms with Crippen molar-refractivity contribution in [3.63, 3.8) is 0 Å². The summed E-state index contributed by atoms with van der Waals surface area (Å²) in [7, 11) is 1.78. The Morgan fingerprint density at radius 1 is 1.08 bits per heavy atom. The number of benzene rings is 1. The quantitative estimate of drug-likeness (QED) is 0.450. The Labute approximate surface area is 234 Å². The molecular weight excluding hydrogens is 536 g/mol. The minimum absolute atomic E-state index is 0.0617. The molecule has 4 heterocycles. The van der Waals surface area contributed by atoms with Gasteiger partial charge in [-0.05, 0) is 43.7 Å². The number of aryl methyl sites for hydroxylation is 1. The predicted octanol–water partition coefficient (Wildman–Crippen LogP) is 3.38. The SMILES string of the molecule is Cn1ccnc1C(=O)N1C(C(=O)Nc2nc(-c3ccc(C(=O)NC4CC4)cc3)cs2)CSC1C1CCOCC1. The van der Waals surface area contributed by atoms with Crippen molar-refractivity contribution in [3.05, 3.63) is 53.4 Å². The molecule has 6 rings (SSSR count). The fraction of sp³-hybridized carbons (Fsp3) is 0.444. The maximum atomic E-state index is 13.7. The second-order valence-corrected chi connectivity index (χ2v) is 12.1. The Balaban J connectivity index is 1.16. The number of hydrogen-bond donors (Lipinski definition) is 2. The lowest BCUT2D eigenvalue weighted by Gasteiger charge is -2.35. The second-order valence-electron chi connectivity index (χ2n) is 10.1. The summed E-state index contributed by atoms with van der Waals surface area (Å²) >= 11 is 2.98. The third-order valence-electron chi connectivity index (χ3n) is 7.34. The molecule has 3 aliphatic rings. The maximum absolute atomic E-state index is 13.7. The Morgan fingerprint density at radius 3 is 2.54 bits per heavy atom. The maximum Gasteiger partial charge on any atom is 0.291 e. The van der Waals surface area contributed by atoms with E-state index in [0.29, 0.717) is 47.2 Å². The van der Waals surface area contributed by atoms with E-state index in [2.05, 4.69) is 20.6 Å². The van der Waals surface area contributed by atoms with Gasteiger partial charge in [0.25, 0.3) is 11.8 Å². The van der Waals surface area contributed by atoms with Crippen molar-refractivity contribution in [2.45, 2.75) is 43.1 Å². The number of nitrogens with zero attached hydrogens (tertiary/aromatic N) is 4. The lowest BCUT2D eigenvalue weighted by Crippen LogP contribution is -2.50. The van der Waals surface area contributed by atoms with Crippen LogP contribution < -0.4 is 10.6 Å². The molecule has 2 aliphatic heterocycles. The normalized spacial score (nSPS) is 21.6. The molecule has 10 nitrogen and oxygen atoms in total. The minimum Gasteiger partial charge on any atom is -0.381 e. The predicted molar refractivity (Wildman–Crippen MR) is 150 cm³/mol. The average Bonchev–Trinajstić information content (AvgIpc) is 3.31. The van der Waals surface area contributed by atoms with Crippen molar-refractivity contribution >= 4 is 46.0 Å². The summed E-state index contributed by atoms with van der Waals surface area (Å²) in [5.74, 6) is 0.521. The number of aromatic nitrogens is 3. The van der Waals surface area contributed by atoms with Crippen molar-refractivity contribution in [2.75, 3.05) is 24.3 Å². The summed E-state index contributed by atoms with van der Waals surface area (Å²) in [5, 5.41) is 8.16. The molecule has 0 spiro atoms. The van der Waals surface area contributed by atoms with Crippen molar-refractivity contribution in [1.82, 2.24) is 24.8 Å². The number of thiazole rings is 1. The van der Waals surface area contributed by atoms with Crippen molar-refractivity contribution in [2.24, 2.45) is 13.0 Å². The molecule has 2 atom stereocenters. The van der Waals surface area contributed by atoms with E-state index < -0.39 is 6.04 Å². The van der Waals surface area contributed by atoms with Crippen molar-refractivity contribution < 1.29 is 19.1 Å². The number of hydrogen-bond acceptors (Lipinski definition) is 8. The van der Waals surface area contributed by atoms with E-state index >= 15 is 0 Å². The highest BCUT2D eigenvalue weighted by Crippen LogP contribution is 2.39. The van der Waals surface area contributed by atoms with Crippen LogP contribution in [0.5, 0.6) is 0 Å². The van der Waals surface area contributed by atoms with Crippen LogP contribution in [0.3, 0.4) is 0 Å². The zero-order chi connectivity index (χ0) is 26.9. The summed E-state index contributed by atoms with van der Waals surface area (Å²) in [5.41, 5.74) is 2.19.